The Kier molecular flexibility index (Phi) is 4.37. The molecule has 20 heavy (non-hydrogen) atoms. The maximum Gasteiger partial charge on any atom is 0.0653 e. The Hall–Kier alpha value is -0.930. The molecule has 1 aliphatic heterocycles. The van der Waals surface area contributed by atoms with Crippen molar-refractivity contribution in [3.05, 3.63) is 46.8 Å². The third-order valence-electron chi connectivity index (χ3n) is 3.74. The average molecular weight is 303 g/mol. The maximum absolute atomic E-state index is 3.72. The van der Waals surface area contributed by atoms with Crippen molar-refractivity contribution in [2.45, 2.75) is 48.6 Å². The lowest BCUT2D eigenvalue weighted by Crippen LogP contribution is -2.18. The molecule has 1 N–H and O–H groups in total. The van der Waals surface area contributed by atoms with Crippen molar-refractivity contribution in [1.29, 1.82) is 0 Å². The molecule has 0 bridgehead atoms. The van der Waals surface area contributed by atoms with Gasteiger partial charge in [-0.2, -0.15) is 0 Å². The van der Waals surface area contributed by atoms with Crippen LogP contribution in [0, 0.1) is 0 Å². The summed E-state index contributed by atoms with van der Waals surface area (Å²) in [6.07, 6.45) is 3.58. The molecule has 0 radical (unpaired) electrons. The lowest BCUT2D eigenvalue weighted by atomic mass is 10.0. The second kappa shape index (κ2) is 6.23. The molecule has 1 aliphatic rings. The Balaban J connectivity index is 1.75. The van der Waals surface area contributed by atoms with Crippen LogP contribution in [-0.2, 0) is 6.42 Å². The van der Waals surface area contributed by atoms with Crippen molar-refractivity contribution in [2.24, 2.45) is 0 Å². The van der Waals surface area contributed by atoms with E-state index in [1.165, 1.54) is 40.3 Å². The van der Waals surface area contributed by atoms with Gasteiger partial charge in [-0.3, -0.25) is 0 Å². The summed E-state index contributed by atoms with van der Waals surface area (Å²) in [5.74, 6) is 0. The Bertz CT molecular complexity index is 559. The van der Waals surface area contributed by atoms with Gasteiger partial charge in [0, 0.05) is 10.9 Å². The quantitative estimate of drug-likeness (QED) is 0.773. The number of benzene rings is 1. The summed E-state index contributed by atoms with van der Waals surface area (Å²) in [5, 5.41) is 6.63. The van der Waals surface area contributed by atoms with E-state index in [4.69, 9.17) is 0 Å². The summed E-state index contributed by atoms with van der Waals surface area (Å²) >= 11 is 3.90. The molecular formula is C17H21NS2. The van der Waals surface area contributed by atoms with Crippen LogP contribution < -0.4 is 5.32 Å². The number of rotatable bonds is 4. The lowest BCUT2D eigenvalue weighted by molar-refractivity contribution is 0.670. The lowest BCUT2D eigenvalue weighted by Gasteiger charge is -2.28. The third-order valence-corrected chi connectivity index (χ3v) is 6.09. The molecule has 0 fully saturated rings. The van der Waals surface area contributed by atoms with E-state index < -0.39 is 0 Å². The largest absolute Gasteiger partial charge is 0.378 e. The number of thioether (sulfide) groups is 1. The van der Waals surface area contributed by atoms with Crippen molar-refractivity contribution in [2.75, 3.05) is 5.32 Å². The number of nitrogens with one attached hydrogen (secondary N) is 1. The normalized spacial score (nSPS) is 21.5. The first kappa shape index (κ1) is 14.0. The molecule has 1 nitrogen and oxygen atoms in total. The fourth-order valence-corrected chi connectivity index (χ4v) is 5.31. The predicted octanol–water partition coefficient (Wildman–Crippen LogP) is 5.74. The van der Waals surface area contributed by atoms with Crippen molar-refractivity contribution < 1.29 is 0 Å². The second-order valence-electron chi connectivity index (χ2n) is 5.47. The number of hydrogen-bond acceptors (Lipinski definition) is 3. The zero-order valence-corrected chi connectivity index (χ0v) is 13.7. The molecule has 1 aromatic heterocycles. The highest BCUT2D eigenvalue weighted by molar-refractivity contribution is 8.01. The van der Waals surface area contributed by atoms with Gasteiger partial charge in [0.2, 0.25) is 0 Å². The van der Waals surface area contributed by atoms with E-state index in [2.05, 4.69) is 54.9 Å². The van der Waals surface area contributed by atoms with Crippen LogP contribution in [0.2, 0.25) is 0 Å². The first-order valence-electron chi connectivity index (χ1n) is 7.35. The van der Waals surface area contributed by atoms with Crippen LogP contribution in [0.4, 0.5) is 5.69 Å². The Morgan fingerprint density at radius 2 is 2.00 bits per heavy atom. The molecule has 3 rings (SSSR count). The molecule has 0 spiro atoms. The van der Waals surface area contributed by atoms with E-state index in [9.17, 15) is 0 Å². The third kappa shape index (κ3) is 3.04. The molecule has 0 amide bonds. The van der Waals surface area contributed by atoms with Crippen LogP contribution in [0.25, 0.3) is 0 Å². The van der Waals surface area contributed by atoms with E-state index in [1.54, 1.807) is 0 Å². The van der Waals surface area contributed by atoms with Gasteiger partial charge < -0.3 is 5.32 Å². The summed E-state index contributed by atoms with van der Waals surface area (Å²) in [6, 6.07) is 11.7. The maximum atomic E-state index is 3.72. The Morgan fingerprint density at radius 1 is 1.20 bits per heavy atom. The van der Waals surface area contributed by atoms with Gasteiger partial charge in [0.15, 0.2) is 0 Å². The minimum Gasteiger partial charge on any atom is -0.378 e. The van der Waals surface area contributed by atoms with Crippen LogP contribution in [0.5, 0.6) is 0 Å². The summed E-state index contributed by atoms with van der Waals surface area (Å²) in [7, 11) is 0. The molecule has 2 aromatic rings. The second-order valence-corrected chi connectivity index (χ2v) is 8.09. The number of thiophene rings is 1. The molecule has 1 unspecified atom stereocenters. The van der Waals surface area contributed by atoms with Crippen LogP contribution in [0.1, 0.15) is 43.9 Å². The average Bonchev–Trinajstić information content (AvgIpc) is 2.89. The number of hydrogen-bond donors (Lipinski definition) is 1. The van der Waals surface area contributed by atoms with Crippen LogP contribution in [-0.4, -0.2) is 5.25 Å². The zero-order chi connectivity index (χ0) is 13.9. The van der Waals surface area contributed by atoms with Crippen LogP contribution >= 0.6 is 23.1 Å². The molecule has 0 saturated carbocycles. The Morgan fingerprint density at radius 3 is 2.75 bits per heavy atom. The van der Waals surface area contributed by atoms with Gasteiger partial charge >= 0.3 is 0 Å². The highest BCUT2D eigenvalue weighted by Crippen LogP contribution is 2.44. The van der Waals surface area contributed by atoms with Gasteiger partial charge in [-0.15, -0.1) is 23.1 Å². The summed E-state index contributed by atoms with van der Waals surface area (Å²) < 4.78 is 1.49. The summed E-state index contributed by atoms with van der Waals surface area (Å²) in [6.45, 7) is 4.55. The van der Waals surface area contributed by atoms with Crippen LogP contribution in [0.3, 0.4) is 0 Å². The molecule has 1 aromatic carbocycles. The highest BCUT2D eigenvalue weighted by atomic mass is 32.2. The SMILES string of the molecule is CCCc1ccc(NC2C[C@H](C)Sc3sccc32)cc1. The number of aryl methyl sites for hydroxylation is 1. The minimum atomic E-state index is 0.463. The summed E-state index contributed by atoms with van der Waals surface area (Å²) in [5.41, 5.74) is 4.16. The molecule has 0 aliphatic carbocycles. The molecule has 2 heterocycles. The Labute approximate surface area is 129 Å². The van der Waals surface area contributed by atoms with Gasteiger partial charge in [-0.25, -0.2) is 0 Å². The number of fused-ring (bicyclic) bond motifs is 1. The zero-order valence-electron chi connectivity index (χ0n) is 12.1. The fourth-order valence-electron chi connectivity index (χ4n) is 2.74. The van der Waals surface area contributed by atoms with Gasteiger partial charge in [-0.1, -0.05) is 32.4 Å². The van der Waals surface area contributed by atoms with E-state index in [0.717, 1.165) is 0 Å². The fraction of sp³-hybridized carbons (Fsp3) is 0.412. The summed E-state index contributed by atoms with van der Waals surface area (Å²) in [4.78, 5) is 0. The van der Waals surface area contributed by atoms with Gasteiger partial charge in [0.1, 0.15) is 0 Å². The smallest absolute Gasteiger partial charge is 0.0653 e. The molecule has 0 saturated heterocycles. The van der Waals surface area contributed by atoms with Gasteiger partial charge in [0.25, 0.3) is 0 Å². The van der Waals surface area contributed by atoms with Crippen molar-refractivity contribution in [3.63, 3.8) is 0 Å². The van der Waals surface area contributed by atoms with E-state index in [0.29, 0.717) is 11.3 Å². The predicted molar refractivity (Wildman–Crippen MR) is 91.1 cm³/mol. The first-order valence-corrected chi connectivity index (χ1v) is 9.11. The molecule has 3 heteroatoms. The number of anilines is 1. The highest BCUT2D eigenvalue weighted by Gasteiger charge is 2.26. The van der Waals surface area contributed by atoms with E-state index in [-0.39, 0.29) is 0 Å². The topological polar surface area (TPSA) is 12.0 Å². The molecule has 2 atom stereocenters. The van der Waals surface area contributed by atoms with Gasteiger partial charge in [-0.05, 0) is 47.5 Å². The molecular weight excluding hydrogens is 282 g/mol. The van der Waals surface area contributed by atoms with Crippen molar-refractivity contribution >= 4 is 28.8 Å². The standard InChI is InChI=1S/C17H21NS2/c1-3-4-13-5-7-14(8-6-13)18-16-11-12(2)20-17-15(16)9-10-19-17/h5-10,12,16,18H,3-4,11H2,1-2H3/t12-,16?/m0/s1. The molecule has 106 valence electrons. The minimum absolute atomic E-state index is 0.463. The van der Waals surface area contributed by atoms with Crippen LogP contribution in [0.15, 0.2) is 39.9 Å². The van der Waals surface area contributed by atoms with E-state index >= 15 is 0 Å². The van der Waals surface area contributed by atoms with Gasteiger partial charge in [0.05, 0.1) is 10.3 Å². The first-order chi connectivity index (χ1) is 9.76. The van der Waals surface area contributed by atoms with Crippen molar-refractivity contribution in [3.8, 4) is 0 Å². The van der Waals surface area contributed by atoms with E-state index in [1.807, 2.05) is 23.1 Å². The van der Waals surface area contributed by atoms with Crippen molar-refractivity contribution in [1.82, 2.24) is 0 Å². The monoisotopic (exact) mass is 303 g/mol.